The Kier molecular flexibility index (Phi) is 3.39. The van der Waals surface area contributed by atoms with E-state index in [1.54, 1.807) is 18.2 Å². The molecule has 1 N–H and O–H groups in total. The molecular weight excluding hydrogens is 218 g/mol. The maximum atomic E-state index is 10.7. The number of non-ortho nitro benzene ring substituents is 1. The molecule has 0 fully saturated rings. The van der Waals surface area contributed by atoms with Gasteiger partial charge in [-0.2, -0.15) is 0 Å². The van der Waals surface area contributed by atoms with Crippen molar-refractivity contribution in [2.24, 2.45) is 0 Å². The van der Waals surface area contributed by atoms with Gasteiger partial charge in [0.2, 0.25) is 0 Å². The van der Waals surface area contributed by atoms with Crippen molar-refractivity contribution >= 4 is 16.6 Å². The van der Waals surface area contributed by atoms with E-state index in [0.29, 0.717) is 0 Å². The molecule has 0 radical (unpaired) electrons. The predicted octanol–water partition coefficient (Wildman–Crippen LogP) is 2.16. The Morgan fingerprint density at radius 2 is 2.24 bits per heavy atom. The number of aryl methyl sites for hydroxylation is 1. The van der Waals surface area contributed by atoms with Gasteiger partial charge in [-0.15, -0.1) is 0 Å². The number of fused-ring (bicyclic) bond motifs is 1. The van der Waals surface area contributed by atoms with E-state index >= 15 is 0 Å². The summed E-state index contributed by atoms with van der Waals surface area (Å²) in [5.41, 5.74) is 1.07. The fourth-order valence-corrected chi connectivity index (χ4v) is 1.91. The van der Waals surface area contributed by atoms with E-state index in [-0.39, 0.29) is 10.6 Å². The standard InChI is InChI=1S/C12H15N3O2/c1-13-6-2-7-14-8-5-10-3-4-11(15(16)17)9-12(10)14/h3-5,8-9,13H,2,6-7H2,1H3. The number of nitro groups is 1. The Hall–Kier alpha value is -1.88. The summed E-state index contributed by atoms with van der Waals surface area (Å²) in [7, 11) is 1.92. The number of nitro benzene ring substituents is 1. The first-order chi connectivity index (χ1) is 8.22. The molecule has 2 rings (SSSR count). The highest BCUT2D eigenvalue weighted by atomic mass is 16.6. The van der Waals surface area contributed by atoms with Gasteiger partial charge in [0.25, 0.3) is 5.69 Å². The van der Waals surface area contributed by atoms with E-state index in [2.05, 4.69) is 9.88 Å². The Morgan fingerprint density at radius 3 is 2.94 bits per heavy atom. The molecule has 0 amide bonds. The number of hydrogen-bond donors (Lipinski definition) is 1. The number of rotatable bonds is 5. The fourth-order valence-electron chi connectivity index (χ4n) is 1.91. The second kappa shape index (κ2) is 4.97. The lowest BCUT2D eigenvalue weighted by Crippen LogP contribution is -2.10. The highest BCUT2D eigenvalue weighted by molar-refractivity contribution is 5.82. The molecule has 0 spiro atoms. The van der Waals surface area contributed by atoms with Crippen molar-refractivity contribution in [1.82, 2.24) is 9.88 Å². The summed E-state index contributed by atoms with van der Waals surface area (Å²) in [5, 5.41) is 14.9. The van der Waals surface area contributed by atoms with Crippen LogP contribution in [0, 0.1) is 10.1 Å². The zero-order chi connectivity index (χ0) is 12.3. The van der Waals surface area contributed by atoms with Crippen LogP contribution in [0.2, 0.25) is 0 Å². The van der Waals surface area contributed by atoms with Gasteiger partial charge in [-0.3, -0.25) is 10.1 Å². The molecular formula is C12H15N3O2. The van der Waals surface area contributed by atoms with Gasteiger partial charge in [0.15, 0.2) is 0 Å². The molecule has 5 nitrogen and oxygen atoms in total. The van der Waals surface area contributed by atoms with E-state index in [4.69, 9.17) is 0 Å². The highest BCUT2D eigenvalue weighted by Gasteiger charge is 2.08. The van der Waals surface area contributed by atoms with Crippen molar-refractivity contribution in [3.63, 3.8) is 0 Å². The minimum Gasteiger partial charge on any atom is -0.347 e. The minimum atomic E-state index is -0.357. The molecule has 0 aliphatic carbocycles. The van der Waals surface area contributed by atoms with E-state index in [1.807, 2.05) is 19.3 Å². The van der Waals surface area contributed by atoms with Crippen LogP contribution in [0.25, 0.3) is 10.9 Å². The van der Waals surface area contributed by atoms with E-state index in [0.717, 1.165) is 30.4 Å². The third-order valence-electron chi connectivity index (χ3n) is 2.79. The van der Waals surface area contributed by atoms with Crippen molar-refractivity contribution in [3.8, 4) is 0 Å². The summed E-state index contributed by atoms with van der Waals surface area (Å²) >= 11 is 0. The number of aromatic nitrogens is 1. The molecule has 2 aromatic rings. The van der Waals surface area contributed by atoms with Gasteiger partial charge in [-0.05, 0) is 32.1 Å². The molecule has 1 heterocycles. The maximum Gasteiger partial charge on any atom is 0.271 e. The maximum absolute atomic E-state index is 10.7. The van der Waals surface area contributed by atoms with Crippen LogP contribution in [0.3, 0.4) is 0 Å². The Morgan fingerprint density at radius 1 is 1.41 bits per heavy atom. The first kappa shape index (κ1) is 11.6. The normalized spacial score (nSPS) is 10.9. The Balaban J connectivity index is 2.30. The highest BCUT2D eigenvalue weighted by Crippen LogP contribution is 2.22. The third-order valence-corrected chi connectivity index (χ3v) is 2.79. The van der Waals surface area contributed by atoms with Crippen LogP contribution in [0.1, 0.15) is 6.42 Å². The molecule has 0 aliphatic heterocycles. The topological polar surface area (TPSA) is 60.1 Å². The average Bonchev–Trinajstić information content (AvgIpc) is 2.72. The molecule has 0 saturated heterocycles. The molecule has 0 unspecified atom stereocenters. The largest absolute Gasteiger partial charge is 0.347 e. The monoisotopic (exact) mass is 233 g/mol. The van der Waals surface area contributed by atoms with Crippen LogP contribution < -0.4 is 5.32 Å². The van der Waals surface area contributed by atoms with Crippen LogP contribution in [0.4, 0.5) is 5.69 Å². The van der Waals surface area contributed by atoms with Crippen LogP contribution in [-0.2, 0) is 6.54 Å². The third kappa shape index (κ3) is 2.45. The SMILES string of the molecule is CNCCCn1ccc2ccc([N+](=O)[O-])cc21. The summed E-state index contributed by atoms with van der Waals surface area (Å²) in [5.74, 6) is 0. The molecule has 17 heavy (non-hydrogen) atoms. The van der Waals surface area contributed by atoms with Gasteiger partial charge in [0.05, 0.1) is 10.4 Å². The molecule has 0 bridgehead atoms. The van der Waals surface area contributed by atoms with E-state index in [1.165, 1.54) is 0 Å². The summed E-state index contributed by atoms with van der Waals surface area (Å²) in [6, 6.07) is 6.95. The number of benzene rings is 1. The lowest BCUT2D eigenvalue weighted by atomic mass is 10.2. The molecule has 1 aromatic carbocycles. The molecule has 5 heteroatoms. The van der Waals surface area contributed by atoms with Gasteiger partial charge >= 0.3 is 0 Å². The van der Waals surface area contributed by atoms with Gasteiger partial charge in [0.1, 0.15) is 0 Å². The first-order valence-electron chi connectivity index (χ1n) is 5.60. The average molecular weight is 233 g/mol. The number of nitrogens with zero attached hydrogens (tertiary/aromatic N) is 2. The fraction of sp³-hybridized carbons (Fsp3) is 0.333. The molecule has 0 aliphatic rings. The van der Waals surface area contributed by atoms with Gasteiger partial charge in [-0.1, -0.05) is 0 Å². The van der Waals surface area contributed by atoms with E-state index in [9.17, 15) is 10.1 Å². The van der Waals surface area contributed by atoms with Gasteiger partial charge in [-0.25, -0.2) is 0 Å². The zero-order valence-electron chi connectivity index (χ0n) is 9.72. The molecule has 0 saturated carbocycles. The van der Waals surface area contributed by atoms with Crippen molar-refractivity contribution in [1.29, 1.82) is 0 Å². The van der Waals surface area contributed by atoms with Crippen LogP contribution in [0.5, 0.6) is 0 Å². The lowest BCUT2D eigenvalue weighted by Gasteiger charge is -2.04. The van der Waals surface area contributed by atoms with Crippen LogP contribution >= 0.6 is 0 Å². The number of hydrogen-bond acceptors (Lipinski definition) is 3. The Labute approximate surface area is 99.2 Å². The lowest BCUT2D eigenvalue weighted by molar-refractivity contribution is -0.384. The second-order valence-corrected chi connectivity index (χ2v) is 3.97. The van der Waals surface area contributed by atoms with Crippen molar-refractivity contribution in [2.75, 3.05) is 13.6 Å². The summed E-state index contributed by atoms with van der Waals surface area (Å²) < 4.78 is 2.06. The van der Waals surface area contributed by atoms with Gasteiger partial charge < -0.3 is 9.88 Å². The van der Waals surface area contributed by atoms with Crippen LogP contribution in [0.15, 0.2) is 30.5 Å². The molecule has 0 atom stereocenters. The second-order valence-electron chi connectivity index (χ2n) is 3.97. The zero-order valence-corrected chi connectivity index (χ0v) is 9.72. The molecule has 1 aromatic heterocycles. The van der Waals surface area contributed by atoms with Gasteiger partial charge in [0, 0.05) is 30.3 Å². The van der Waals surface area contributed by atoms with Crippen LogP contribution in [-0.4, -0.2) is 23.1 Å². The van der Waals surface area contributed by atoms with E-state index < -0.39 is 0 Å². The summed E-state index contributed by atoms with van der Waals surface area (Å²) in [6.07, 6.45) is 2.98. The first-order valence-corrected chi connectivity index (χ1v) is 5.60. The predicted molar refractivity (Wildman–Crippen MR) is 67.1 cm³/mol. The summed E-state index contributed by atoms with van der Waals surface area (Å²) in [6.45, 7) is 1.81. The quantitative estimate of drug-likeness (QED) is 0.489. The minimum absolute atomic E-state index is 0.145. The smallest absolute Gasteiger partial charge is 0.271 e. The summed E-state index contributed by atoms with van der Waals surface area (Å²) in [4.78, 5) is 10.4. The van der Waals surface area contributed by atoms with Crippen molar-refractivity contribution < 1.29 is 4.92 Å². The number of nitrogens with one attached hydrogen (secondary N) is 1. The molecule has 90 valence electrons. The van der Waals surface area contributed by atoms with Crippen molar-refractivity contribution in [3.05, 3.63) is 40.6 Å². The Bertz CT molecular complexity index is 534. The van der Waals surface area contributed by atoms with Crippen molar-refractivity contribution in [2.45, 2.75) is 13.0 Å².